The molecule has 0 fully saturated rings. The minimum absolute atomic E-state index is 0.168. The lowest BCUT2D eigenvalue weighted by atomic mass is 10.1. The zero-order valence-electron chi connectivity index (χ0n) is 7.00. The Bertz CT molecular complexity index is 307. The molecule has 0 bridgehead atoms. The number of benzene rings is 1. The van der Waals surface area contributed by atoms with Crippen molar-refractivity contribution in [3.8, 4) is 5.75 Å². The topological polar surface area (TPSA) is 29.5 Å². The van der Waals surface area contributed by atoms with E-state index in [2.05, 4.69) is 0 Å². The molecule has 0 spiro atoms. The number of thiocarbonyl (C=S) groups is 1. The summed E-state index contributed by atoms with van der Waals surface area (Å²) in [5, 5.41) is 9.74. The van der Waals surface area contributed by atoms with E-state index in [4.69, 9.17) is 17.0 Å². The molecule has 2 nitrogen and oxygen atoms in total. The van der Waals surface area contributed by atoms with Crippen LogP contribution < -0.4 is 0 Å². The van der Waals surface area contributed by atoms with Gasteiger partial charge in [-0.15, -0.1) is 0 Å². The Kier molecular flexibility index (Phi) is 2.65. The molecule has 0 saturated carbocycles. The second-order valence-corrected chi connectivity index (χ2v) is 2.88. The molecule has 0 heterocycles. The van der Waals surface area contributed by atoms with Gasteiger partial charge >= 0.3 is 0 Å². The van der Waals surface area contributed by atoms with E-state index in [0.717, 1.165) is 5.56 Å². The third kappa shape index (κ3) is 1.74. The van der Waals surface area contributed by atoms with E-state index in [9.17, 15) is 5.11 Å². The van der Waals surface area contributed by atoms with Gasteiger partial charge in [-0.05, 0) is 36.8 Å². The Morgan fingerprint density at radius 1 is 1.50 bits per heavy atom. The number of hydrogen-bond acceptors (Lipinski definition) is 3. The zero-order valence-corrected chi connectivity index (χ0v) is 7.81. The largest absolute Gasteiger partial charge is 0.507 e. The van der Waals surface area contributed by atoms with Crippen LogP contribution in [0.1, 0.15) is 11.1 Å². The maximum atomic E-state index is 9.43. The van der Waals surface area contributed by atoms with Crippen molar-refractivity contribution < 1.29 is 9.84 Å². The lowest BCUT2D eigenvalue weighted by molar-refractivity contribution is 0.410. The molecule has 0 radical (unpaired) electrons. The van der Waals surface area contributed by atoms with Crippen LogP contribution in [-0.2, 0) is 4.74 Å². The first-order chi connectivity index (χ1) is 5.65. The van der Waals surface area contributed by atoms with E-state index in [1.807, 2.05) is 13.0 Å². The SMILES string of the molecule is COC(=S)c1ccc(C)cc1O. The number of rotatable bonds is 1. The lowest BCUT2D eigenvalue weighted by Gasteiger charge is -2.04. The number of ether oxygens (including phenoxy) is 1. The number of aryl methyl sites for hydroxylation is 1. The molecule has 1 aromatic rings. The maximum Gasteiger partial charge on any atom is 0.194 e. The van der Waals surface area contributed by atoms with E-state index in [1.54, 1.807) is 12.1 Å². The standard InChI is InChI=1S/C9H10O2S/c1-6-3-4-7(8(10)5-6)9(12)11-2/h3-5,10H,1-2H3. The fraction of sp³-hybridized carbons (Fsp3) is 0.222. The summed E-state index contributed by atoms with van der Waals surface area (Å²) in [6.45, 7) is 1.90. The van der Waals surface area contributed by atoms with Gasteiger partial charge < -0.3 is 9.84 Å². The van der Waals surface area contributed by atoms with Crippen LogP contribution in [-0.4, -0.2) is 17.3 Å². The Balaban J connectivity index is 3.09. The van der Waals surface area contributed by atoms with Crippen LogP contribution in [0.25, 0.3) is 0 Å². The van der Waals surface area contributed by atoms with Gasteiger partial charge in [-0.3, -0.25) is 0 Å². The van der Waals surface area contributed by atoms with Crippen molar-refractivity contribution in [3.63, 3.8) is 0 Å². The van der Waals surface area contributed by atoms with E-state index < -0.39 is 0 Å². The number of phenols is 1. The summed E-state index contributed by atoms with van der Waals surface area (Å²) in [7, 11) is 1.49. The van der Waals surface area contributed by atoms with E-state index in [-0.39, 0.29) is 5.75 Å². The molecule has 1 rings (SSSR count). The smallest absolute Gasteiger partial charge is 0.194 e. The van der Waals surface area contributed by atoms with Crippen LogP contribution in [0.4, 0.5) is 0 Å². The molecular formula is C9H10O2S. The highest BCUT2D eigenvalue weighted by Gasteiger charge is 2.05. The van der Waals surface area contributed by atoms with Crippen molar-refractivity contribution >= 4 is 17.3 Å². The van der Waals surface area contributed by atoms with Gasteiger partial charge in [0.05, 0.1) is 12.7 Å². The van der Waals surface area contributed by atoms with E-state index in [1.165, 1.54) is 7.11 Å². The van der Waals surface area contributed by atoms with Crippen LogP contribution in [0, 0.1) is 6.92 Å². The molecule has 1 aromatic carbocycles. The molecule has 0 unspecified atom stereocenters. The highest BCUT2D eigenvalue weighted by Crippen LogP contribution is 2.19. The number of phenolic OH excluding ortho intramolecular Hbond substituents is 1. The first-order valence-corrected chi connectivity index (χ1v) is 3.94. The van der Waals surface area contributed by atoms with Gasteiger partial charge in [0, 0.05) is 0 Å². The predicted octanol–water partition coefficient (Wildman–Crippen LogP) is 2.02. The maximum absolute atomic E-state index is 9.43. The molecule has 0 aliphatic heterocycles. The Morgan fingerprint density at radius 3 is 2.67 bits per heavy atom. The molecule has 0 aliphatic rings. The normalized spacial score (nSPS) is 9.50. The third-order valence-electron chi connectivity index (χ3n) is 1.56. The van der Waals surface area contributed by atoms with E-state index >= 15 is 0 Å². The Labute approximate surface area is 76.8 Å². The summed E-state index contributed by atoms with van der Waals surface area (Å²) in [5.74, 6) is 0.168. The number of aromatic hydroxyl groups is 1. The summed E-state index contributed by atoms with van der Waals surface area (Å²) >= 11 is 4.87. The molecule has 64 valence electrons. The van der Waals surface area contributed by atoms with Gasteiger partial charge in [-0.25, -0.2) is 0 Å². The van der Waals surface area contributed by atoms with Gasteiger partial charge in [0.2, 0.25) is 0 Å². The predicted molar refractivity (Wildman–Crippen MR) is 51.6 cm³/mol. The molecule has 3 heteroatoms. The van der Waals surface area contributed by atoms with Gasteiger partial charge in [0.25, 0.3) is 0 Å². The first-order valence-electron chi connectivity index (χ1n) is 3.53. The number of methoxy groups -OCH3 is 1. The average Bonchev–Trinajstić information content (AvgIpc) is 2.03. The fourth-order valence-electron chi connectivity index (χ4n) is 0.924. The summed E-state index contributed by atoms with van der Waals surface area (Å²) in [5.41, 5.74) is 1.56. The summed E-state index contributed by atoms with van der Waals surface area (Å²) < 4.78 is 4.83. The number of hydrogen-bond donors (Lipinski definition) is 1. The molecule has 0 saturated heterocycles. The highest BCUT2D eigenvalue weighted by atomic mass is 32.1. The van der Waals surface area contributed by atoms with Crippen LogP contribution >= 0.6 is 12.2 Å². The molecular weight excluding hydrogens is 172 g/mol. The molecule has 1 N–H and O–H groups in total. The Hall–Kier alpha value is -1.09. The van der Waals surface area contributed by atoms with Crippen molar-refractivity contribution in [2.75, 3.05) is 7.11 Å². The lowest BCUT2D eigenvalue weighted by Crippen LogP contribution is -1.99. The van der Waals surface area contributed by atoms with Crippen molar-refractivity contribution in [2.24, 2.45) is 0 Å². The molecule has 0 atom stereocenters. The first kappa shape index (κ1) is 9.00. The molecule has 0 aliphatic carbocycles. The minimum Gasteiger partial charge on any atom is -0.507 e. The fourth-order valence-corrected chi connectivity index (χ4v) is 1.10. The van der Waals surface area contributed by atoms with Gasteiger partial charge in [-0.1, -0.05) is 6.07 Å². The van der Waals surface area contributed by atoms with Crippen molar-refractivity contribution in [1.29, 1.82) is 0 Å². The van der Waals surface area contributed by atoms with Crippen LogP contribution in [0.5, 0.6) is 5.75 Å². The second kappa shape index (κ2) is 3.54. The summed E-state index contributed by atoms with van der Waals surface area (Å²) in [6, 6.07) is 5.28. The van der Waals surface area contributed by atoms with Gasteiger partial charge in [0.15, 0.2) is 5.05 Å². The zero-order chi connectivity index (χ0) is 9.14. The van der Waals surface area contributed by atoms with Crippen molar-refractivity contribution in [3.05, 3.63) is 29.3 Å². The molecule has 0 amide bonds. The van der Waals surface area contributed by atoms with Crippen LogP contribution in [0.2, 0.25) is 0 Å². The second-order valence-electron chi connectivity index (χ2n) is 2.51. The third-order valence-corrected chi connectivity index (χ3v) is 1.95. The summed E-state index contributed by atoms with van der Waals surface area (Å²) in [4.78, 5) is 0. The monoisotopic (exact) mass is 182 g/mol. The quantitative estimate of drug-likeness (QED) is 0.674. The minimum atomic E-state index is 0.168. The highest BCUT2D eigenvalue weighted by molar-refractivity contribution is 7.80. The van der Waals surface area contributed by atoms with E-state index in [0.29, 0.717) is 10.6 Å². The van der Waals surface area contributed by atoms with Crippen molar-refractivity contribution in [2.45, 2.75) is 6.92 Å². The molecule has 0 aromatic heterocycles. The van der Waals surface area contributed by atoms with Gasteiger partial charge in [-0.2, -0.15) is 0 Å². The van der Waals surface area contributed by atoms with Crippen molar-refractivity contribution in [1.82, 2.24) is 0 Å². The Morgan fingerprint density at radius 2 is 2.17 bits per heavy atom. The average molecular weight is 182 g/mol. The van der Waals surface area contributed by atoms with Gasteiger partial charge in [0.1, 0.15) is 5.75 Å². The molecule has 12 heavy (non-hydrogen) atoms. The summed E-state index contributed by atoms with van der Waals surface area (Å²) in [6.07, 6.45) is 0. The van der Waals surface area contributed by atoms with Crippen LogP contribution in [0.15, 0.2) is 18.2 Å². The van der Waals surface area contributed by atoms with Crippen LogP contribution in [0.3, 0.4) is 0 Å².